The van der Waals surface area contributed by atoms with Gasteiger partial charge in [0.1, 0.15) is 5.75 Å². The van der Waals surface area contributed by atoms with Gasteiger partial charge in [-0.2, -0.15) is 0 Å². The average molecular weight is 170 g/mol. The van der Waals surface area contributed by atoms with Crippen molar-refractivity contribution in [3.8, 4) is 5.75 Å². The summed E-state index contributed by atoms with van der Waals surface area (Å²) in [5.41, 5.74) is 0. The van der Waals surface area contributed by atoms with Crippen molar-refractivity contribution in [2.75, 3.05) is 6.26 Å². The van der Waals surface area contributed by atoms with E-state index in [0.29, 0.717) is 0 Å². The van der Waals surface area contributed by atoms with E-state index in [1.54, 1.807) is 0 Å². The summed E-state index contributed by atoms with van der Waals surface area (Å²) in [7, 11) is 0. The molecule has 0 saturated heterocycles. The number of rotatable bonds is 2. The molecule has 0 unspecified atom stereocenters. The van der Waals surface area contributed by atoms with Gasteiger partial charge >= 0.3 is 0 Å². The SMILES string of the molecule is CC.CSOc1ccccc1. The van der Waals surface area contributed by atoms with Gasteiger partial charge in [0, 0.05) is 6.26 Å². The number of benzene rings is 1. The molecule has 1 rings (SSSR count). The molecule has 62 valence electrons. The van der Waals surface area contributed by atoms with Crippen LogP contribution in [0.3, 0.4) is 0 Å². The Morgan fingerprint density at radius 1 is 1.09 bits per heavy atom. The van der Waals surface area contributed by atoms with Crippen molar-refractivity contribution in [2.45, 2.75) is 13.8 Å². The predicted octanol–water partition coefficient (Wildman–Crippen LogP) is 3.37. The fourth-order valence-corrected chi connectivity index (χ4v) is 0.876. The molecule has 11 heavy (non-hydrogen) atoms. The number of para-hydroxylation sites is 1. The highest BCUT2D eigenvalue weighted by Gasteiger charge is 1.85. The van der Waals surface area contributed by atoms with E-state index in [0.717, 1.165) is 5.75 Å². The lowest BCUT2D eigenvalue weighted by Gasteiger charge is -1.96. The predicted molar refractivity (Wildman–Crippen MR) is 51.9 cm³/mol. The average Bonchev–Trinajstić information content (AvgIpc) is 2.11. The second-order valence-corrected chi connectivity index (χ2v) is 2.06. The van der Waals surface area contributed by atoms with Crippen LogP contribution < -0.4 is 4.18 Å². The number of hydrogen-bond donors (Lipinski definition) is 0. The Kier molecular flexibility index (Phi) is 7.05. The minimum Gasteiger partial charge on any atom is -0.426 e. The Labute approximate surface area is 73.0 Å². The van der Waals surface area contributed by atoms with E-state index in [1.807, 2.05) is 50.4 Å². The topological polar surface area (TPSA) is 9.23 Å². The molecular weight excluding hydrogens is 156 g/mol. The van der Waals surface area contributed by atoms with Crippen molar-refractivity contribution in [3.63, 3.8) is 0 Å². The zero-order chi connectivity index (χ0) is 8.53. The van der Waals surface area contributed by atoms with Crippen LogP contribution in [0.2, 0.25) is 0 Å². The molecule has 0 saturated carbocycles. The standard InChI is InChI=1S/C7H8OS.C2H6/c1-9-8-7-5-3-2-4-6-7;1-2/h2-6H,1H3;1-2H3. The monoisotopic (exact) mass is 170 g/mol. The second kappa shape index (κ2) is 7.48. The molecule has 0 spiro atoms. The van der Waals surface area contributed by atoms with Crippen LogP contribution in [0.1, 0.15) is 13.8 Å². The van der Waals surface area contributed by atoms with Gasteiger partial charge in [0.05, 0.1) is 12.0 Å². The molecule has 2 heteroatoms. The van der Waals surface area contributed by atoms with Crippen molar-refractivity contribution in [3.05, 3.63) is 30.3 Å². The van der Waals surface area contributed by atoms with Crippen LogP contribution >= 0.6 is 12.0 Å². The van der Waals surface area contributed by atoms with Gasteiger partial charge in [-0.3, -0.25) is 0 Å². The van der Waals surface area contributed by atoms with Gasteiger partial charge in [-0.25, -0.2) is 0 Å². The van der Waals surface area contributed by atoms with Crippen LogP contribution in [-0.4, -0.2) is 6.26 Å². The Morgan fingerprint density at radius 3 is 2.09 bits per heavy atom. The van der Waals surface area contributed by atoms with E-state index in [4.69, 9.17) is 4.18 Å². The lowest BCUT2D eigenvalue weighted by Crippen LogP contribution is -1.75. The molecule has 1 aromatic rings. The van der Waals surface area contributed by atoms with E-state index in [-0.39, 0.29) is 0 Å². The van der Waals surface area contributed by atoms with Crippen molar-refractivity contribution in [1.82, 2.24) is 0 Å². The summed E-state index contributed by atoms with van der Waals surface area (Å²) in [4.78, 5) is 0. The molecule has 0 aliphatic rings. The summed E-state index contributed by atoms with van der Waals surface area (Å²) >= 11 is 1.35. The molecule has 0 aromatic heterocycles. The van der Waals surface area contributed by atoms with E-state index in [2.05, 4.69) is 0 Å². The summed E-state index contributed by atoms with van der Waals surface area (Å²) in [5.74, 6) is 0.907. The van der Waals surface area contributed by atoms with Crippen molar-refractivity contribution in [1.29, 1.82) is 0 Å². The van der Waals surface area contributed by atoms with E-state index >= 15 is 0 Å². The van der Waals surface area contributed by atoms with Gasteiger partial charge in [0.15, 0.2) is 0 Å². The first-order valence-electron chi connectivity index (χ1n) is 3.69. The molecule has 0 aliphatic carbocycles. The van der Waals surface area contributed by atoms with Gasteiger partial charge < -0.3 is 4.18 Å². The van der Waals surface area contributed by atoms with Gasteiger partial charge in [-0.05, 0) is 12.1 Å². The fourth-order valence-electron chi connectivity index (χ4n) is 0.572. The zero-order valence-corrected chi connectivity index (χ0v) is 8.02. The number of hydrogen-bond acceptors (Lipinski definition) is 2. The van der Waals surface area contributed by atoms with E-state index in [9.17, 15) is 0 Å². The maximum atomic E-state index is 5.12. The van der Waals surface area contributed by atoms with E-state index < -0.39 is 0 Å². The molecule has 0 N–H and O–H groups in total. The smallest absolute Gasteiger partial charge is 0.137 e. The first-order chi connectivity index (χ1) is 5.43. The molecule has 0 bridgehead atoms. The Balaban J connectivity index is 0.000000461. The molecule has 0 radical (unpaired) electrons. The van der Waals surface area contributed by atoms with Gasteiger partial charge in [0.25, 0.3) is 0 Å². The maximum Gasteiger partial charge on any atom is 0.137 e. The summed E-state index contributed by atoms with van der Waals surface area (Å²) < 4.78 is 5.12. The minimum atomic E-state index is 0.907. The van der Waals surface area contributed by atoms with Crippen molar-refractivity contribution in [2.24, 2.45) is 0 Å². The van der Waals surface area contributed by atoms with Crippen LogP contribution in [0.4, 0.5) is 0 Å². The summed E-state index contributed by atoms with van der Waals surface area (Å²) in [6, 6.07) is 9.72. The Bertz CT molecular complexity index is 162. The largest absolute Gasteiger partial charge is 0.426 e. The van der Waals surface area contributed by atoms with Gasteiger partial charge in [-0.1, -0.05) is 32.0 Å². The summed E-state index contributed by atoms with van der Waals surface area (Å²) in [6.07, 6.45) is 1.90. The zero-order valence-electron chi connectivity index (χ0n) is 7.20. The first-order valence-corrected chi connectivity index (χ1v) is 4.84. The molecule has 0 fully saturated rings. The lowest BCUT2D eigenvalue weighted by molar-refractivity contribution is 0.650. The first kappa shape index (κ1) is 10.4. The molecule has 0 amide bonds. The minimum absolute atomic E-state index is 0.907. The van der Waals surface area contributed by atoms with Gasteiger partial charge in [0.2, 0.25) is 0 Å². The van der Waals surface area contributed by atoms with Crippen LogP contribution in [0, 0.1) is 0 Å². The highest BCUT2D eigenvalue weighted by Crippen LogP contribution is 2.12. The second-order valence-electron chi connectivity index (χ2n) is 1.56. The summed E-state index contributed by atoms with van der Waals surface area (Å²) in [6.45, 7) is 4.00. The third kappa shape index (κ3) is 4.73. The molecule has 0 atom stereocenters. The molecule has 0 heterocycles. The Hall–Kier alpha value is -0.630. The quantitative estimate of drug-likeness (QED) is 0.629. The van der Waals surface area contributed by atoms with E-state index in [1.165, 1.54) is 12.0 Å². The van der Waals surface area contributed by atoms with Crippen molar-refractivity contribution < 1.29 is 4.18 Å². The Morgan fingerprint density at radius 2 is 1.64 bits per heavy atom. The van der Waals surface area contributed by atoms with Gasteiger partial charge in [-0.15, -0.1) is 0 Å². The molecule has 1 aromatic carbocycles. The molecular formula is C9H14OS. The highest BCUT2D eigenvalue weighted by molar-refractivity contribution is 7.94. The lowest BCUT2D eigenvalue weighted by atomic mass is 10.3. The fraction of sp³-hybridized carbons (Fsp3) is 0.333. The third-order valence-electron chi connectivity index (χ3n) is 0.923. The van der Waals surface area contributed by atoms with Crippen LogP contribution in [0.15, 0.2) is 30.3 Å². The van der Waals surface area contributed by atoms with Crippen LogP contribution in [0.25, 0.3) is 0 Å². The third-order valence-corrected chi connectivity index (χ3v) is 1.28. The normalized spacial score (nSPS) is 7.91. The maximum absolute atomic E-state index is 5.12. The van der Waals surface area contributed by atoms with Crippen molar-refractivity contribution >= 4 is 12.0 Å². The highest BCUT2D eigenvalue weighted by atomic mass is 32.2. The molecule has 1 nitrogen and oxygen atoms in total. The summed E-state index contributed by atoms with van der Waals surface area (Å²) in [5, 5.41) is 0. The van der Waals surface area contributed by atoms with Crippen LogP contribution in [0.5, 0.6) is 5.75 Å². The van der Waals surface area contributed by atoms with Crippen LogP contribution in [-0.2, 0) is 0 Å². The molecule has 0 aliphatic heterocycles.